The van der Waals surface area contributed by atoms with E-state index >= 15 is 0 Å². The van der Waals surface area contributed by atoms with Crippen LogP contribution in [0.3, 0.4) is 0 Å². The molecule has 0 saturated heterocycles. The van der Waals surface area contributed by atoms with Crippen LogP contribution in [0.5, 0.6) is 5.75 Å². The topological polar surface area (TPSA) is 20.2 Å². The lowest BCUT2D eigenvalue weighted by molar-refractivity contribution is 0.475. The number of phenolic OH excluding ortho intramolecular Hbond substituents is 1. The van der Waals surface area contributed by atoms with Gasteiger partial charge in [0.25, 0.3) is 0 Å². The second-order valence-electron chi connectivity index (χ2n) is 3.46. The number of benzene rings is 1. The molecule has 2 heteroatoms. The molecule has 0 heterocycles. The third-order valence-corrected chi connectivity index (χ3v) is 3.63. The first kappa shape index (κ1) is 10.8. The molecule has 0 aliphatic rings. The molecule has 0 fully saturated rings. The van der Waals surface area contributed by atoms with Crippen molar-refractivity contribution in [3.63, 3.8) is 0 Å². The maximum absolute atomic E-state index is 9.08. The van der Waals surface area contributed by atoms with Gasteiger partial charge in [0.2, 0.25) is 0 Å². The first-order chi connectivity index (χ1) is 6.22. The Kier molecular flexibility index (Phi) is 4.56. The zero-order chi connectivity index (χ0) is 9.68. The van der Waals surface area contributed by atoms with Crippen molar-refractivity contribution >= 4 is 22.6 Å². The molecule has 1 atom stereocenters. The van der Waals surface area contributed by atoms with Crippen LogP contribution in [0.4, 0.5) is 0 Å². The van der Waals surface area contributed by atoms with Gasteiger partial charge in [-0.15, -0.1) is 0 Å². The molecule has 1 aromatic rings. The lowest BCUT2D eigenvalue weighted by Gasteiger charge is -2.06. The van der Waals surface area contributed by atoms with E-state index in [4.69, 9.17) is 5.11 Å². The fraction of sp³-hybridized carbons (Fsp3) is 0.455. The number of hydrogen-bond donors (Lipinski definition) is 1. The van der Waals surface area contributed by atoms with Crippen LogP contribution in [0.25, 0.3) is 0 Å². The van der Waals surface area contributed by atoms with Crippen molar-refractivity contribution in [1.82, 2.24) is 0 Å². The van der Waals surface area contributed by atoms with Crippen molar-refractivity contribution in [1.29, 1.82) is 0 Å². The van der Waals surface area contributed by atoms with Gasteiger partial charge in [-0.05, 0) is 36.5 Å². The van der Waals surface area contributed by atoms with E-state index < -0.39 is 0 Å². The number of rotatable bonds is 4. The summed E-state index contributed by atoms with van der Waals surface area (Å²) < 4.78 is 1.22. The van der Waals surface area contributed by atoms with Gasteiger partial charge in [0.1, 0.15) is 5.75 Å². The van der Waals surface area contributed by atoms with E-state index in [0.29, 0.717) is 5.75 Å². The van der Waals surface area contributed by atoms with Crippen LogP contribution in [-0.4, -0.2) is 9.53 Å². The quantitative estimate of drug-likeness (QED) is 0.665. The Balaban J connectivity index is 2.41. The van der Waals surface area contributed by atoms with Gasteiger partial charge >= 0.3 is 0 Å². The first-order valence-corrected chi connectivity index (χ1v) is 6.09. The summed E-state index contributed by atoms with van der Waals surface area (Å²) in [6.07, 6.45) is 2.35. The van der Waals surface area contributed by atoms with Crippen molar-refractivity contribution in [2.75, 3.05) is 4.43 Å². The molecule has 0 radical (unpaired) electrons. The highest BCUT2D eigenvalue weighted by Gasteiger charge is 2.00. The normalized spacial score (nSPS) is 12.8. The highest BCUT2D eigenvalue weighted by Crippen LogP contribution is 2.14. The third kappa shape index (κ3) is 3.98. The van der Waals surface area contributed by atoms with Crippen LogP contribution in [-0.2, 0) is 6.42 Å². The number of aryl methyl sites for hydroxylation is 1. The first-order valence-electron chi connectivity index (χ1n) is 4.56. The number of alkyl halides is 1. The van der Waals surface area contributed by atoms with E-state index in [0.717, 1.165) is 12.3 Å². The summed E-state index contributed by atoms with van der Waals surface area (Å²) >= 11 is 2.42. The largest absolute Gasteiger partial charge is 0.508 e. The van der Waals surface area contributed by atoms with Crippen molar-refractivity contribution in [3.05, 3.63) is 29.8 Å². The van der Waals surface area contributed by atoms with Crippen molar-refractivity contribution in [3.8, 4) is 5.75 Å². The van der Waals surface area contributed by atoms with Crippen LogP contribution in [0.1, 0.15) is 18.9 Å². The highest BCUT2D eigenvalue weighted by molar-refractivity contribution is 14.1. The van der Waals surface area contributed by atoms with Crippen LogP contribution < -0.4 is 0 Å². The molecule has 1 aromatic carbocycles. The minimum absolute atomic E-state index is 0.352. The number of aromatic hydroxyl groups is 1. The molecule has 0 aromatic heterocycles. The fourth-order valence-corrected chi connectivity index (χ4v) is 1.59. The molecule has 1 unspecified atom stereocenters. The molecule has 0 saturated carbocycles. The molecule has 1 N–H and O–H groups in total. The molecule has 0 amide bonds. The Bertz CT molecular complexity index is 243. The summed E-state index contributed by atoms with van der Waals surface area (Å²) in [7, 11) is 0. The van der Waals surface area contributed by atoms with Gasteiger partial charge < -0.3 is 5.11 Å². The van der Waals surface area contributed by atoms with E-state index in [1.165, 1.54) is 16.4 Å². The molecule has 1 rings (SSSR count). The SMILES string of the molecule is CC(CI)CCc1ccc(O)cc1. The summed E-state index contributed by atoms with van der Waals surface area (Å²) in [6.45, 7) is 2.27. The van der Waals surface area contributed by atoms with Crippen LogP contribution in [0.15, 0.2) is 24.3 Å². The second-order valence-corrected chi connectivity index (χ2v) is 4.35. The molecule has 0 aliphatic heterocycles. The van der Waals surface area contributed by atoms with Crippen LogP contribution in [0, 0.1) is 5.92 Å². The Hall–Kier alpha value is -0.250. The van der Waals surface area contributed by atoms with Gasteiger partial charge in [0.05, 0.1) is 0 Å². The maximum Gasteiger partial charge on any atom is 0.115 e. The zero-order valence-corrected chi connectivity index (χ0v) is 9.99. The molecule has 0 bridgehead atoms. The summed E-state index contributed by atoms with van der Waals surface area (Å²) in [4.78, 5) is 0. The second kappa shape index (κ2) is 5.47. The predicted octanol–water partition coefficient (Wildman–Crippen LogP) is 3.40. The van der Waals surface area contributed by atoms with Gasteiger partial charge in [-0.2, -0.15) is 0 Å². The summed E-state index contributed by atoms with van der Waals surface area (Å²) in [5.74, 6) is 1.14. The molecular weight excluding hydrogens is 275 g/mol. The minimum Gasteiger partial charge on any atom is -0.508 e. The minimum atomic E-state index is 0.352. The molecule has 13 heavy (non-hydrogen) atoms. The van der Waals surface area contributed by atoms with Gasteiger partial charge in [-0.1, -0.05) is 41.6 Å². The maximum atomic E-state index is 9.08. The predicted molar refractivity (Wildman–Crippen MR) is 64.5 cm³/mol. The lowest BCUT2D eigenvalue weighted by atomic mass is 10.0. The third-order valence-electron chi connectivity index (χ3n) is 2.13. The molecular formula is C11H15IO. The smallest absolute Gasteiger partial charge is 0.115 e. The highest BCUT2D eigenvalue weighted by atomic mass is 127. The van der Waals surface area contributed by atoms with E-state index in [-0.39, 0.29) is 0 Å². The van der Waals surface area contributed by atoms with E-state index in [1.807, 2.05) is 12.1 Å². The van der Waals surface area contributed by atoms with Crippen molar-refractivity contribution < 1.29 is 5.11 Å². The molecule has 1 nitrogen and oxygen atoms in total. The fourth-order valence-electron chi connectivity index (χ4n) is 1.15. The van der Waals surface area contributed by atoms with Gasteiger partial charge in [-0.3, -0.25) is 0 Å². The number of phenols is 1. The van der Waals surface area contributed by atoms with Crippen molar-refractivity contribution in [2.45, 2.75) is 19.8 Å². The van der Waals surface area contributed by atoms with E-state index in [2.05, 4.69) is 29.5 Å². The van der Waals surface area contributed by atoms with Crippen molar-refractivity contribution in [2.24, 2.45) is 5.92 Å². The Morgan fingerprint density at radius 1 is 1.31 bits per heavy atom. The molecule has 72 valence electrons. The van der Waals surface area contributed by atoms with Gasteiger partial charge in [-0.25, -0.2) is 0 Å². The van der Waals surface area contributed by atoms with E-state index in [9.17, 15) is 0 Å². The molecule has 0 aliphatic carbocycles. The summed E-state index contributed by atoms with van der Waals surface area (Å²) in [5, 5.41) is 9.08. The Morgan fingerprint density at radius 3 is 2.46 bits per heavy atom. The van der Waals surface area contributed by atoms with Crippen LogP contribution in [0.2, 0.25) is 0 Å². The Morgan fingerprint density at radius 2 is 1.92 bits per heavy atom. The monoisotopic (exact) mass is 290 g/mol. The average molecular weight is 290 g/mol. The summed E-state index contributed by atoms with van der Waals surface area (Å²) in [6, 6.07) is 7.50. The van der Waals surface area contributed by atoms with Gasteiger partial charge in [0.15, 0.2) is 0 Å². The zero-order valence-electron chi connectivity index (χ0n) is 7.83. The van der Waals surface area contributed by atoms with Crippen LogP contribution >= 0.6 is 22.6 Å². The average Bonchev–Trinajstić information content (AvgIpc) is 2.16. The number of hydrogen-bond acceptors (Lipinski definition) is 1. The standard InChI is InChI=1S/C11H15IO/c1-9(8-12)2-3-10-4-6-11(13)7-5-10/h4-7,9,13H,2-3,8H2,1H3. The van der Waals surface area contributed by atoms with Gasteiger partial charge in [0, 0.05) is 4.43 Å². The lowest BCUT2D eigenvalue weighted by Crippen LogP contribution is -1.97. The number of halogens is 1. The molecule has 0 spiro atoms. The Labute approximate surface area is 93.3 Å². The van der Waals surface area contributed by atoms with E-state index in [1.54, 1.807) is 12.1 Å². The summed E-state index contributed by atoms with van der Waals surface area (Å²) in [5.41, 5.74) is 1.31.